The molecule has 3 nitrogen and oxygen atoms in total. The molecule has 0 aromatic heterocycles. The third-order valence-corrected chi connectivity index (χ3v) is 2.12. The minimum atomic E-state index is -1.29. The minimum Gasteiger partial charge on any atom is -0.434 e. The second-order valence-corrected chi connectivity index (χ2v) is 3.61. The van der Waals surface area contributed by atoms with E-state index in [1.807, 2.05) is 6.92 Å². The molecular weight excluding hydrogens is 249 g/mol. The number of unbranched alkanes of at least 4 members (excludes halogenated alkanes) is 2. The minimum absolute atomic E-state index is 0.108. The third-order valence-electron chi connectivity index (χ3n) is 2.12. The Labute approximate surface area is 103 Å². The first kappa shape index (κ1) is 14.3. The van der Waals surface area contributed by atoms with E-state index in [0.717, 1.165) is 12.8 Å². The zero-order valence-electron chi connectivity index (χ0n) is 9.84. The first-order valence-electron chi connectivity index (χ1n) is 5.53. The number of halogens is 3. The van der Waals surface area contributed by atoms with Gasteiger partial charge in [0.15, 0.2) is 11.6 Å². The van der Waals surface area contributed by atoms with Crippen molar-refractivity contribution in [1.29, 1.82) is 0 Å². The molecule has 100 valence electrons. The Kier molecular flexibility index (Phi) is 5.48. The van der Waals surface area contributed by atoms with Crippen LogP contribution in [0.1, 0.15) is 26.2 Å². The molecule has 1 rings (SSSR count). The van der Waals surface area contributed by atoms with Crippen LogP contribution in [0.3, 0.4) is 0 Å². The average Bonchev–Trinajstić information content (AvgIpc) is 2.29. The molecule has 0 aliphatic carbocycles. The van der Waals surface area contributed by atoms with Gasteiger partial charge in [0.05, 0.1) is 6.61 Å². The maximum Gasteiger partial charge on any atom is 0.514 e. The van der Waals surface area contributed by atoms with Crippen LogP contribution in [0.15, 0.2) is 12.1 Å². The quantitative estimate of drug-likeness (QED) is 0.460. The number of rotatable bonds is 5. The summed E-state index contributed by atoms with van der Waals surface area (Å²) in [6, 6.07) is 0.839. The summed E-state index contributed by atoms with van der Waals surface area (Å²) in [5.74, 6) is -4.64. The van der Waals surface area contributed by atoms with E-state index in [2.05, 4.69) is 9.47 Å². The molecule has 0 unspecified atom stereocenters. The average molecular weight is 262 g/mol. The molecule has 0 bridgehead atoms. The largest absolute Gasteiger partial charge is 0.514 e. The Morgan fingerprint density at radius 1 is 1.17 bits per heavy atom. The van der Waals surface area contributed by atoms with Gasteiger partial charge in [-0.15, -0.1) is 0 Å². The highest BCUT2D eigenvalue weighted by atomic mass is 19.1. The molecule has 0 amide bonds. The molecule has 1 aromatic rings. The van der Waals surface area contributed by atoms with Crippen molar-refractivity contribution in [2.45, 2.75) is 26.2 Å². The van der Waals surface area contributed by atoms with E-state index >= 15 is 0 Å². The van der Waals surface area contributed by atoms with E-state index in [-0.39, 0.29) is 6.61 Å². The van der Waals surface area contributed by atoms with Crippen molar-refractivity contribution in [3.05, 3.63) is 29.6 Å². The SMILES string of the molecule is CCCCCOC(=O)Oc1c(F)cc(F)cc1F. The molecule has 0 spiro atoms. The molecule has 0 heterocycles. The van der Waals surface area contributed by atoms with Crippen molar-refractivity contribution >= 4 is 6.16 Å². The summed E-state index contributed by atoms with van der Waals surface area (Å²) in [4.78, 5) is 11.1. The van der Waals surface area contributed by atoms with E-state index in [9.17, 15) is 18.0 Å². The standard InChI is InChI=1S/C12H13F3O3/c1-2-3-4-5-17-12(16)18-11-9(14)6-8(13)7-10(11)15/h6-7H,2-5H2,1H3. The monoisotopic (exact) mass is 262 g/mol. The van der Waals surface area contributed by atoms with Crippen molar-refractivity contribution in [1.82, 2.24) is 0 Å². The molecule has 0 aliphatic heterocycles. The number of carbonyl (C=O) groups excluding carboxylic acids is 1. The zero-order chi connectivity index (χ0) is 13.5. The van der Waals surface area contributed by atoms with Crippen LogP contribution in [0.5, 0.6) is 5.75 Å². The number of ether oxygens (including phenoxy) is 2. The van der Waals surface area contributed by atoms with Gasteiger partial charge in [0.25, 0.3) is 0 Å². The molecule has 0 saturated heterocycles. The van der Waals surface area contributed by atoms with Crippen molar-refractivity contribution in [2.24, 2.45) is 0 Å². The smallest absolute Gasteiger partial charge is 0.434 e. The molecule has 0 saturated carbocycles. The molecule has 18 heavy (non-hydrogen) atoms. The van der Waals surface area contributed by atoms with Crippen LogP contribution in [-0.4, -0.2) is 12.8 Å². The molecule has 0 N–H and O–H groups in total. The van der Waals surface area contributed by atoms with Crippen molar-refractivity contribution < 1.29 is 27.4 Å². The van der Waals surface area contributed by atoms with Gasteiger partial charge in [0.2, 0.25) is 5.75 Å². The molecular formula is C12H13F3O3. The summed E-state index contributed by atoms with van der Waals surface area (Å²) < 4.78 is 47.7. The summed E-state index contributed by atoms with van der Waals surface area (Å²) in [5, 5.41) is 0. The number of carbonyl (C=O) groups is 1. The van der Waals surface area contributed by atoms with Crippen molar-refractivity contribution in [2.75, 3.05) is 6.61 Å². The Balaban J connectivity index is 2.54. The van der Waals surface area contributed by atoms with Crippen LogP contribution < -0.4 is 4.74 Å². The van der Waals surface area contributed by atoms with E-state index in [1.54, 1.807) is 0 Å². The maximum absolute atomic E-state index is 13.1. The lowest BCUT2D eigenvalue weighted by atomic mass is 10.3. The Morgan fingerprint density at radius 2 is 1.78 bits per heavy atom. The lowest BCUT2D eigenvalue weighted by Gasteiger charge is -2.07. The fraction of sp³-hybridized carbons (Fsp3) is 0.417. The highest BCUT2D eigenvalue weighted by molar-refractivity contribution is 5.63. The lowest BCUT2D eigenvalue weighted by Crippen LogP contribution is -2.13. The molecule has 0 radical (unpaired) electrons. The Hall–Kier alpha value is -1.72. The lowest BCUT2D eigenvalue weighted by molar-refractivity contribution is 0.0942. The molecule has 6 heteroatoms. The summed E-state index contributed by atoms with van der Waals surface area (Å²) in [6.45, 7) is 2.08. The van der Waals surface area contributed by atoms with Crippen molar-refractivity contribution in [3.63, 3.8) is 0 Å². The van der Waals surface area contributed by atoms with Gasteiger partial charge in [-0.25, -0.2) is 18.0 Å². The number of hydrogen-bond acceptors (Lipinski definition) is 3. The second-order valence-electron chi connectivity index (χ2n) is 3.61. The van der Waals surface area contributed by atoms with Gasteiger partial charge < -0.3 is 9.47 Å². The Bertz CT molecular complexity index is 398. The molecule has 1 aromatic carbocycles. The van der Waals surface area contributed by atoms with Gasteiger partial charge in [0.1, 0.15) is 5.82 Å². The van der Waals surface area contributed by atoms with Crippen LogP contribution in [0, 0.1) is 17.5 Å². The fourth-order valence-corrected chi connectivity index (χ4v) is 1.25. The Morgan fingerprint density at radius 3 is 2.33 bits per heavy atom. The van der Waals surface area contributed by atoms with Gasteiger partial charge in [-0.05, 0) is 6.42 Å². The number of benzene rings is 1. The van der Waals surface area contributed by atoms with E-state index in [1.165, 1.54) is 0 Å². The highest BCUT2D eigenvalue weighted by Gasteiger charge is 2.17. The van der Waals surface area contributed by atoms with Crippen LogP contribution in [0.4, 0.5) is 18.0 Å². The maximum atomic E-state index is 13.1. The van der Waals surface area contributed by atoms with Gasteiger partial charge in [-0.1, -0.05) is 19.8 Å². The first-order valence-corrected chi connectivity index (χ1v) is 5.53. The zero-order valence-corrected chi connectivity index (χ0v) is 9.84. The molecule has 0 atom stereocenters. The molecule has 0 fully saturated rings. The van der Waals surface area contributed by atoms with Crippen LogP contribution >= 0.6 is 0 Å². The van der Waals surface area contributed by atoms with Crippen molar-refractivity contribution in [3.8, 4) is 5.75 Å². The second kappa shape index (κ2) is 6.88. The summed E-state index contributed by atoms with van der Waals surface area (Å²) in [6.07, 6.45) is 1.24. The van der Waals surface area contributed by atoms with E-state index in [4.69, 9.17) is 0 Å². The van der Waals surface area contributed by atoms with E-state index < -0.39 is 29.4 Å². The number of hydrogen-bond donors (Lipinski definition) is 0. The molecule has 0 aliphatic rings. The topological polar surface area (TPSA) is 35.5 Å². The summed E-state index contributed by atoms with van der Waals surface area (Å²) in [5.41, 5.74) is 0. The fourth-order valence-electron chi connectivity index (χ4n) is 1.25. The van der Waals surface area contributed by atoms with Gasteiger partial charge in [-0.2, -0.15) is 0 Å². The third kappa shape index (κ3) is 4.27. The van der Waals surface area contributed by atoms with Gasteiger partial charge >= 0.3 is 6.16 Å². The van der Waals surface area contributed by atoms with Crippen LogP contribution in [0.2, 0.25) is 0 Å². The van der Waals surface area contributed by atoms with Gasteiger partial charge in [-0.3, -0.25) is 0 Å². The normalized spacial score (nSPS) is 10.2. The summed E-state index contributed by atoms with van der Waals surface area (Å²) in [7, 11) is 0. The van der Waals surface area contributed by atoms with Crippen LogP contribution in [0.25, 0.3) is 0 Å². The highest BCUT2D eigenvalue weighted by Crippen LogP contribution is 2.23. The van der Waals surface area contributed by atoms with Crippen LogP contribution in [-0.2, 0) is 4.74 Å². The van der Waals surface area contributed by atoms with Gasteiger partial charge in [0, 0.05) is 12.1 Å². The van der Waals surface area contributed by atoms with E-state index in [0.29, 0.717) is 18.6 Å². The first-order chi connectivity index (χ1) is 8.54. The predicted octanol–water partition coefficient (Wildman–Crippen LogP) is 3.81. The predicted molar refractivity (Wildman–Crippen MR) is 57.8 cm³/mol. The summed E-state index contributed by atoms with van der Waals surface area (Å²) >= 11 is 0.